The van der Waals surface area contributed by atoms with Crippen molar-refractivity contribution in [3.8, 4) is 0 Å². The average Bonchev–Trinajstić information content (AvgIpc) is 2.61. The normalized spacial score (nSPS) is 17.1. The lowest BCUT2D eigenvalue weighted by molar-refractivity contribution is 0.0634. The Labute approximate surface area is 160 Å². The summed E-state index contributed by atoms with van der Waals surface area (Å²) in [6, 6.07) is 12.1. The third kappa shape index (κ3) is 4.93. The molecule has 3 nitrogen and oxygen atoms in total. The van der Waals surface area contributed by atoms with Crippen LogP contribution in [0.2, 0.25) is 0 Å². The molecule has 0 aliphatic carbocycles. The summed E-state index contributed by atoms with van der Waals surface area (Å²) < 4.78 is 38.3. The van der Waals surface area contributed by atoms with Crippen molar-refractivity contribution in [3.63, 3.8) is 0 Å². The summed E-state index contributed by atoms with van der Waals surface area (Å²) in [5.74, 6) is -3.03. The number of halogens is 4. The molecule has 3 rings (SSSR count). The fourth-order valence-corrected chi connectivity index (χ4v) is 3.40. The van der Waals surface area contributed by atoms with E-state index in [9.17, 15) is 18.0 Å². The number of thioether (sulfide) groups is 1. The Kier molecular flexibility index (Phi) is 7.37. The van der Waals surface area contributed by atoms with Crippen molar-refractivity contribution in [2.45, 2.75) is 16.7 Å². The van der Waals surface area contributed by atoms with Gasteiger partial charge in [0.15, 0.2) is 0 Å². The van der Waals surface area contributed by atoms with Crippen LogP contribution in [-0.4, -0.2) is 36.2 Å². The molecule has 1 unspecified atom stereocenters. The molecule has 140 valence electrons. The molecule has 0 spiro atoms. The molecule has 1 N–H and O–H groups in total. The maximum absolute atomic E-state index is 13.5. The number of rotatable bonds is 4. The van der Waals surface area contributed by atoms with Crippen LogP contribution in [0.1, 0.15) is 22.0 Å². The van der Waals surface area contributed by atoms with Crippen molar-refractivity contribution < 1.29 is 18.0 Å². The number of hydrogen-bond acceptors (Lipinski definition) is 3. The first-order valence-electron chi connectivity index (χ1n) is 7.86. The summed E-state index contributed by atoms with van der Waals surface area (Å²) in [6.45, 7) is 1.68. The molecule has 26 heavy (non-hydrogen) atoms. The van der Waals surface area contributed by atoms with Crippen LogP contribution < -0.4 is 5.32 Å². The summed E-state index contributed by atoms with van der Waals surface area (Å²) in [5.41, 5.74) is 1.16. The molecule has 1 aliphatic heterocycles. The van der Waals surface area contributed by atoms with Crippen LogP contribution in [-0.2, 0) is 0 Å². The summed E-state index contributed by atoms with van der Waals surface area (Å²) in [5, 5.41) is 3.22. The molecule has 1 atom stereocenters. The van der Waals surface area contributed by atoms with Crippen molar-refractivity contribution in [1.82, 2.24) is 10.2 Å². The minimum atomic E-state index is -2.49. The van der Waals surface area contributed by atoms with Crippen molar-refractivity contribution in [2.24, 2.45) is 0 Å². The van der Waals surface area contributed by atoms with Crippen molar-refractivity contribution in [3.05, 3.63) is 65.5 Å². The fourth-order valence-electron chi connectivity index (χ4n) is 2.90. The molecule has 8 heteroatoms. The highest BCUT2D eigenvalue weighted by Gasteiger charge is 2.28. The lowest BCUT2D eigenvalue weighted by atomic mass is 10.0. The van der Waals surface area contributed by atoms with Crippen molar-refractivity contribution >= 4 is 30.1 Å². The molecule has 2 aromatic carbocycles. The zero-order chi connectivity index (χ0) is 17.8. The molecule has 0 saturated carbocycles. The average molecular weight is 403 g/mol. The summed E-state index contributed by atoms with van der Waals surface area (Å²) >= 11 is 0.444. The number of carbonyl (C=O) groups excluding carboxylic acids is 1. The van der Waals surface area contributed by atoms with Gasteiger partial charge < -0.3 is 10.2 Å². The first-order chi connectivity index (χ1) is 12.0. The molecule has 1 amide bonds. The van der Waals surface area contributed by atoms with E-state index < -0.39 is 5.76 Å². The molecule has 2 aromatic rings. The second-order valence-corrected chi connectivity index (χ2v) is 6.74. The first-order valence-corrected chi connectivity index (χ1v) is 8.74. The van der Waals surface area contributed by atoms with Gasteiger partial charge in [-0.3, -0.25) is 4.79 Å². The molecule has 1 heterocycles. The largest absolute Gasteiger partial charge is 0.329 e. The predicted molar refractivity (Wildman–Crippen MR) is 98.6 cm³/mol. The van der Waals surface area contributed by atoms with Gasteiger partial charge in [0.05, 0.1) is 6.04 Å². The van der Waals surface area contributed by atoms with Crippen molar-refractivity contribution in [1.29, 1.82) is 0 Å². The molecule has 0 bridgehead atoms. The number of benzene rings is 2. The van der Waals surface area contributed by atoms with E-state index in [4.69, 9.17) is 0 Å². The number of amides is 1. The van der Waals surface area contributed by atoms with Crippen LogP contribution in [0.3, 0.4) is 0 Å². The van der Waals surface area contributed by atoms with Gasteiger partial charge in [0.25, 0.3) is 11.7 Å². The number of nitrogens with one attached hydrogen (secondary N) is 1. The Morgan fingerprint density at radius 2 is 1.92 bits per heavy atom. The van der Waals surface area contributed by atoms with E-state index in [0.717, 1.165) is 5.56 Å². The van der Waals surface area contributed by atoms with E-state index >= 15 is 0 Å². The molecule has 0 aromatic heterocycles. The highest BCUT2D eigenvalue weighted by Crippen LogP contribution is 2.27. The van der Waals surface area contributed by atoms with Crippen LogP contribution in [0, 0.1) is 5.82 Å². The standard InChI is InChI=1S/C18H17F3N2OS.ClH/c19-14-3-1-2-13(10-14)16-11-22-8-9-23(16)17(24)12-4-6-15(7-5-12)25-18(20)21;/h1-7,10,16,18,22H,8-9,11H2;1H. The van der Waals surface area contributed by atoms with Crippen LogP contribution in [0.5, 0.6) is 0 Å². The molecule has 1 fully saturated rings. The van der Waals surface area contributed by atoms with Gasteiger partial charge in [-0.05, 0) is 42.0 Å². The van der Waals surface area contributed by atoms with E-state index in [1.165, 1.54) is 24.3 Å². The number of piperazine rings is 1. The SMILES string of the molecule is Cl.O=C(c1ccc(SC(F)F)cc1)N1CCNCC1c1cccc(F)c1. The quantitative estimate of drug-likeness (QED) is 0.772. The van der Waals surface area contributed by atoms with E-state index in [0.29, 0.717) is 41.9 Å². The van der Waals surface area contributed by atoms with Crippen LogP contribution in [0.15, 0.2) is 53.4 Å². The Hall–Kier alpha value is -1.70. The van der Waals surface area contributed by atoms with Crippen LogP contribution in [0.4, 0.5) is 13.2 Å². The van der Waals surface area contributed by atoms with Gasteiger partial charge in [-0.2, -0.15) is 8.78 Å². The Morgan fingerprint density at radius 3 is 2.58 bits per heavy atom. The van der Waals surface area contributed by atoms with E-state index in [-0.39, 0.29) is 30.2 Å². The smallest absolute Gasteiger partial charge is 0.288 e. The van der Waals surface area contributed by atoms with Gasteiger partial charge >= 0.3 is 0 Å². The second kappa shape index (κ2) is 9.30. The van der Waals surface area contributed by atoms with Gasteiger partial charge in [-0.15, -0.1) is 12.4 Å². The summed E-state index contributed by atoms with van der Waals surface area (Å²) in [6.07, 6.45) is 0. The zero-order valence-electron chi connectivity index (χ0n) is 13.7. The lowest BCUT2D eigenvalue weighted by Gasteiger charge is -2.36. The Morgan fingerprint density at radius 1 is 1.19 bits per heavy atom. The maximum Gasteiger partial charge on any atom is 0.288 e. The molecule has 1 aliphatic rings. The van der Waals surface area contributed by atoms with Gasteiger partial charge in [0, 0.05) is 30.1 Å². The monoisotopic (exact) mass is 402 g/mol. The van der Waals surface area contributed by atoms with Crippen LogP contribution >= 0.6 is 24.2 Å². The maximum atomic E-state index is 13.5. The summed E-state index contributed by atoms with van der Waals surface area (Å²) in [7, 11) is 0. The highest BCUT2D eigenvalue weighted by molar-refractivity contribution is 7.99. The summed E-state index contributed by atoms with van der Waals surface area (Å²) in [4.78, 5) is 15.0. The minimum absolute atomic E-state index is 0. The van der Waals surface area contributed by atoms with Gasteiger partial charge in [-0.25, -0.2) is 4.39 Å². The van der Waals surface area contributed by atoms with Gasteiger partial charge in [0.2, 0.25) is 0 Å². The van der Waals surface area contributed by atoms with Gasteiger partial charge in [0.1, 0.15) is 5.82 Å². The highest BCUT2D eigenvalue weighted by atomic mass is 35.5. The second-order valence-electron chi connectivity index (χ2n) is 5.68. The minimum Gasteiger partial charge on any atom is -0.329 e. The molecule has 1 saturated heterocycles. The fraction of sp³-hybridized carbons (Fsp3) is 0.278. The number of alkyl halides is 2. The van der Waals surface area contributed by atoms with E-state index in [2.05, 4.69) is 5.32 Å². The first kappa shape index (κ1) is 20.6. The number of hydrogen-bond donors (Lipinski definition) is 1. The molecular weight excluding hydrogens is 385 g/mol. The Bertz CT molecular complexity index is 745. The Balaban J connectivity index is 0.00000243. The number of nitrogens with zero attached hydrogens (tertiary/aromatic N) is 1. The third-order valence-electron chi connectivity index (χ3n) is 4.06. The number of carbonyl (C=O) groups is 1. The molecular formula is C18H18ClF3N2OS. The van der Waals surface area contributed by atoms with E-state index in [1.54, 1.807) is 29.2 Å². The van der Waals surface area contributed by atoms with Gasteiger partial charge in [-0.1, -0.05) is 23.9 Å². The topological polar surface area (TPSA) is 32.3 Å². The van der Waals surface area contributed by atoms with E-state index in [1.807, 2.05) is 0 Å². The lowest BCUT2D eigenvalue weighted by Crippen LogP contribution is -2.48. The predicted octanol–water partition coefficient (Wildman–Crippen LogP) is 4.35. The van der Waals surface area contributed by atoms with Crippen LogP contribution in [0.25, 0.3) is 0 Å². The third-order valence-corrected chi connectivity index (χ3v) is 4.79. The molecule has 0 radical (unpaired) electrons. The zero-order valence-corrected chi connectivity index (χ0v) is 15.3. The van der Waals surface area contributed by atoms with Crippen molar-refractivity contribution in [2.75, 3.05) is 19.6 Å².